The molecule has 2 aliphatic heterocycles. The van der Waals surface area contributed by atoms with Gasteiger partial charge in [0.15, 0.2) is 0 Å². The largest absolute Gasteiger partial charge is 0.417 e. The van der Waals surface area contributed by atoms with Crippen molar-refractivity contribution >= 4 is 39.2 Å². The predicted octanol–water partition coefficient (Wildman–Crippen LogP) is 3.92. The van der Waals surface area contributed by atoms with Crippen LogP contribution in [0.2, 0.25) is 0 Å². The summed E-state index contributed by atoms with van der Waals surface area (Å²) in [5.74, 6) is -0.273. The van der Waals surface area contributed by atoms with Crippen LogP contribution in [0.15, 0.2) is 11.4 Å². The first-order valence-electron chi connectivity index (χ1n) is 11.2. The second-order valence-corrected chi connectivity index (χ2v) is 10.9. The molecule has 0 atom stereocenters. The maximum Gasteiger partial charge on any atom is 0.417 e. The van der Waals surface area contributed by atoms with Crippen LogP contribution in [0, 0.1) is 5.41 Å². The molecule has 0 bridgehead atoms. The summed E-state index contributed by atoms with van der Waals surface area (Å²) >= 11 is 0.877. The first-order chi connectivity index (χ1) is 15.8. The molecule has 1 spiro atoms. The minimum atomic E-state index is -4.55. The second-order valence-electron chi connectivity index (χ2n) is 10.1. The Balaban J connectivity index is 1.47. The summed E-state index contributed by atoms with van der Waals surface area (Å²) in [5.41, 5.74) is -0.976. The molecular formula is C23H29F3N4O3S. The molecule has 0 aromatic carbocycles. The third-order valence-corrected chi connectivity index (χ3v) is 7.47. The smallest absolute Gasteiger partial charge is 0.366 e. The van der Waals surface area contributed by atoms with Crippen LogP contribution in [0.1, 0.15) is 49.5 Å². The maximum absolute atomic E-state index is 13.8. The summed E-state index contributed by atoms with van der Waals surface area (Å²) in [5, 5.41) is 3.88. The quantitative estimate of drug-likeness (QED) is 0.692. The zero-order valence-electron chi connectivity index (χ0n) is 19.7. The molecule has 2 aromatic heterocycles. The van der Waals surface area contributed by atoms with Crippen LogP contribution in [0.25, 0.3) is 10.2 Å². The van der Waals surface area contributed by atoms with E-state index in [9.17, 15) is 22.8 Å². The maximum atomic E-state index is 13.8. The average Bonchev–Trinajstić information content (AvgIpc) is 3.17. The monoisotopic (exact) mass is 498 g/mol. The lowest BCUT2D eigenvalue weighted by Gasteiger charge is -2.54. The highest BCUT2D eigenvalue weighted by atomic mass is 32.1. The zero-order chi connectivity index (χ0) is 24.9. The van der Waals surface area contributed by atoms with Gasteiger partial charge >= 0.3 is 6.18 Å². The fourth-order valence-corrected chi connectivity index (χ4v) is 5.53. The number of nitrogens with zero attached hydrogens (tertiary/aromatic N) is 3. The van der Waals surface area contributed by atoms with Gasteiger partial charge in [-0.2, -0.15) is 13.2 Å². The Morgan fingerprint density at radius 2 is 1.85 bits per heavy atom. The fraction of sp³-hybridized carbons (Fsp3) is 0.609. The number of carbonyl (C=O) groups is 2. The number of nitrogens with one attached hydrogen (secondary N) is 1. The number of ether oxygens (including phenoxy) is 1. The summed E-state index contributed by atoms with van der Waals surface area (Å²) in [6.45, 7) is 8.09. The summed E-state index contributed by atoms with van der Waals surface area (Å²) in [6, 6.07) is 1.09. The van der Waals surface area contributed by atoms with Crippen LogP contribution in [0.3, 0.4) is 0 Å². The Bertz CT molecular complexity index is 1090. The first-order valence-corrected chi connectivity index (χ1v) is 12.1. The number of piperidine rings is 1. The van der Waals surface area contributed by atoms with Gasteiger partial charge < -0.3 is 19.9 Å². The number of halogens is 3. The van der Waals surface area contributed by atoms with Gasteiger partial charge in [0.05, 0.1) is 26.9 Å². The summed E-state index contributed by atoms with van der Waals surface area (Å²) in [7, 11) is 1.44. The number of carbonyl (C=O) groups excluding carboxylic acids is 2. The van der Waals surface area contributed by atoms with Crippen LogP contribution in [0.5, 0.6) is 0 Å². The van der Waals surface area contributed by atoms with E-state index in [2.05, 4.69) is 10.3 Å². The number of amides is 2. The Morgan fingerprint density at radius 3 is 2.41 bits per heavy atom. The highest BCUT2D eigenvalue weighted by Gasteiger charge is 2.47. The van der Waals surface area contributed by atoms with Crippen molar-refractivity contribution < 1.29 is 27.5 Å². The number of thiophene rings is 1. The van der Waals surface area contributed by atoms with Gasteiger partial charge in [-0.05, 0) is 39.7 Å². The lowest BCUT2D eigenvalue weighted by Crippen LogP contribution is -2.61. The van der Waals surface area contributed by atoms with E-state index in [1.54, 1.807) is 4.90 Å². The summed E-state index contributed by atoms with van der Waals surface area (Å²) < 4.78 is 46.9. The summed E-state index contributed by atoms with van der Waals surface area (Å²) in [4.78, 5) is 32.7. The Kier molecular flexibility index (Phi) is 6.30. The van der Waals surface area contributed by atoms with Gasteiger partial charge in [-0.1, -0.05) is 0 Å². The molecule has 0 radical (unpaired) electrons. The van der Waals surface area contributed by atoms with Crippen LogP contribution >= 0.6 is 11.3 Å². The van der Waals surface area contributed by atoms with Crippen molar-refractivity contribution in [2.75, 3.05) is 44.7 Å². The van der Waals surface area contributed by atoms with Crippen LogP contribution in [-0.4, -0.2) is 67.1 Å². The fourth-order valence-electron chi connectivity index (χ4n) is 4.51. The standard InChI is InChI=1S/C23H29F3N4O3S/c1-21(2,3)33-10-17(31)29-7-5-22(6-8-29)12-30(13-22)16-9-15(23(24,25)26)19-18(28-16)14(11-34-19)20(32)27-4/h9,11H,5-8,10,12-13H2,1-4H3,(H,27,32). The van der Waals surface area contributed by atoms with Crippen molar-refractivity contribution in [3.63, 3.8) is 0 Å². The molecule has 186 valence electrons. The predicted molar refractivity (Wildman–Crippen MR) is 124 cm³/mol. The highest BCUT2D eigenvalue weighted by Crippen LogP contribution is 2.45. The number of hydrogen-bond acceptors (Lipinski definition) is 6. The van der Waals surface area contributed by atoms with E-state index in [1.807, 2.05) is 25.7 Å². The highest BCUT2D eigenvalue weighted by molar-refractivity contribution is 7.17. The molecule has 4 heterocycles. The Labute approximate surface area is 200 Å². The minimum Gasteiger partial charge on any atom is -0.366 e. The van der Waals surface area contributed by atoms with Crippen molar-refractivity contribution in [2.24, 2.45) is 5.41 Å². The second kappa shape index (κ2) is 8.67. The molecule has 1 N–H and O–H groups in total. The van der Waals surface area contributed by atoms with Gasteiger partial charge in [0, 0.05) is 44.0 Å². The molecule has 2 aromatic rings. The van der Waals surface area contributed by atoms with E-state index in [0.29, 0.717) is 26.2 Å². The first kappa shape index (κ1) is 24.7. The lowest BCUT2D eigenvalue weighted by atomic mass is 9.72. The van der Waals surface area contributed by atoms with E-state index < -0.39 is 17.6 Å². The molecule has 0 saturated carbocycles. The van der Waals surface area contributed by atoms with E-state index in [0.717, 1.165) is 30.2 Å². The number of aromatic nitrogens is 1. The number of fused-ring (bicyclic) bond motifs is 1. The third kappa shape index (κ3) is 4.86. The summed E-state index contributed by atoms with van der Waals surface area (Å²) in [6.07, 6.45) is -2.99. The molecule has 11 heteroatoms. The van der Waals surface area contributed by atoms with Crippen LogP contribution < -0.4 is 10.2 Å². The molecular weight excluding hydrogens is 469 g/mol. The number of rotatable bonds is 4. The number of hydrogen-bond donors (Lipinski definition) is 1. The number of likely N-dealkylation sites (tertiary alicyclic amines) is 1. The van der Waals surface area contributed by atoms with Gasteiger partial charge in [0.2, 0.25) is 5.91 Å². The number of alkyl halides is 3. The number of anilines is 1. The Hall–Kier alpha value is -2.40. The molecule has 2 saturated heterocycles. The van der Waals surface area contributed by atoms with Gasteiger partial charge in [-0.3, -0.25) is 9.59 Å². The van der Waals surface area contributed by atoms with Gasteiger partial charge in [-0.25, -0.2) is 4.98 Å². The van der Waals surface area contributed by atoms with Gasteiger partial charge in [-0.15, -0.1) is 11.3 Å². The van der Waals surface area contributed by atoms with Crippen molar-refractivity contribution in [1.82, 2.24) is 15.2 Å². The van der Waals surface area contributed by atoms with Gasteiger partial charge in [0.1, 0.15) is 12.4 Å². The lowest BCUT2D eigenvalue weighted by molar-refractivity contribution is -0.143. The van der Waals surface area contributed by atoms with Crippen molar-refractivity contribution in [3.8, 4) is 0 Å². The van der Waals surface area contributed by atoms with E-state index in [-0.39, 0.29) is 45.1 Å². The molecule has 0 unspecified atom stereocenters. The van der Waals surface area contributed by atoms with E-state index in [1.165, 1.54) is 12.4 Å². The molecule has 2 fully saturated rings. The molecule has 2 amide bonds. The molecule has 34 heavy (non-hydrogen) atoms. The molecule has 0 aliphatic carbocycles. The van der Waals surface area contributed by atoms with Crippen LogP contribution in [0.4, 0.5) is 19.0 Å². The molecule has 4 rings (SSSR count). The van der Waals surface area contributed by atoms with Crippen LogP contribution in [-0.2, 0) is 15.7 Å². The number of pyridine rings is 1. The van der Waals surface area contributed by atoms with Crippen molar-refractivity contribution in [3.05, 3.63) is 22.6 Å². The van der Waals surface area contributed by atoms with Gasteiger partial charge in [0.25, 0.3) is 5.91 Å². The van der Waals surface area contributed by atoms with E-state index in [4.69, 9.17) is 4.74 Å². The topological polar surface area (TPSA) is 74.8 Å². The van der Waals surface area contributed by atoms with Crippen molar-refractivity contribution in [2.45, 2.75) is 45.4 Å². The zero-order valence-corrected chi connectivity index (χ0v) is 20.5. The third-order valence-electron chi connectivity index (χ3n) is 6.47. The SMILES string of the molecule is CNC(=O)c1csc2c(C(F)(F)F)cc(N3CC4(CCN(C(=O)COC(C)(C)C)CC4)C3)nc12. The van der Waals surface area contributed by atoms with Crippen molar-refractivity contribution in [1.29, 1.82) is 0 Å². The molecule has 2 aliphatic rings. The Morgan fingerprint density at radius 1 is 1.21 bits per heavy atom. The average molecular weight is 499 g/mol. The van der Waals surface area contributed by atoms with E-state index >= 15 is 0 Å². The normalized spacial score (nSPS) is 18.3. The molecule has 7 nitrogen and oxygen atoms in total. The minimum absolute atomic E-state index is 0.0330.